The van der Waals surface area contributed by atoms with Gasteiger partial charge in [-0.3, -0.25) is 0 Å². The summed E-state index contributed by atoms with van der Waals surface area (Å²) in [5.74, 6) is 2.15. The minimum Gasteiger partial charge on any atom is -0.493 e. The fourth-order valence-electron chi connectivity index (χ4n) is 4.60. The number of aryl methyl sites for hydroxylation is 2. The van der Waals surface area contributed by atoms with Gasteiger partial charge in [-0.2, -0.15) is 0 Å². The summed E-state index contributed by atoms with van der Waals surface area (Å²) < 4.78 is 50.8. The Labute approximate surface area is 223 Å². The van der Waals surface area contributed by atoms with E-state index in [9.17, 15) is 8.42 Å². The van der Waals surface area contributed by atoms with Crippen LogP contribution >= 0.6 is 0 Å². The number of hydrogen-bond acceptors (Lipinski definition) is 6. The first-order chi connectivity index (χ1) is 18.2. The Morgan fingerprint density at radius 2 is 1.29 bits per heavy atom. The molecule has 200 valence electrons. The Kier molecular flexibility index (Phi) is 7.68. The van der Waals surface area contributed by atoms with Crippen molar-refractivity contribution in [2.75, 3.05) is 28.4 Å². The quantitative estimate of drug-likeness (QED) is 0.261. The van der Waals surface area contributed by atoms with Crippen LogP contribution in [-0.2, 0) is 16.4 Å². The van der Waals surface area contributed by atoms with Gasteiger partial charge in [0.15, 0.2) is 38.7 Å². The van der Waals surface area contributed by atoms with Crippen molar-refractivity contribution in [3.8, 4) is 34.3 Å². The molecule has 0 aliphatic rings. The van der Waals surface area contributed by atoms with Crippen LogP contribution in [0, 0.1) is 13.8 Å². The van der Waals surface area contributed by atoms with Gasteiger partial charge in [-0.15, -0.1) is 0 Å². The lowest BCUT2D eigenvalue weighted by molar-refractivity contribution is -0.608. The molecule has 4 aromatic rings. The highest BCUT2D eigenvalue weighted by molar-refractivity contribution is 7.93. The van der Waals surface area contributed by atoms with Gasteiger partial charge in [0.05, 0.1) is 44.3 Å². The number of ether oxygens (including phenoxy) is 4. The number of aromatic nitrogens is 1. The number of methoxy groups -OCH3 is 4. The first-order valence-electron chi connectivity index (χ1n) is 12.1. The molecular formula is C29H32N2O6S. The van der Waals surface area contributed by atoms with Gasteiger partial charge in [0.25, 0.3) is 0 Å². The summed E-state index contributed by atoms with van der Waals surface area (Å²) in [6.45, 7) is 5.79. The zero-order valence-electron chi connectivity index (χ0n) is 22.7. The standard InChI is InChI=1S/C29H32N2O6S/c1-8-22-19(3)31(30-38(32,33)21-12-9-18(2)10-13-21)29(20-11-14-25(34-4)26(15-20)35-5)24-17-28(37-7)27(36-6)16-23(22)24/h9-17H,8H2,1-7H3. The summed E-state index contributed by atoms with van der Waals surface area (Å²) in [6, 6.07) is 15.8. The Morgan fingerprint density at radius 1 is 0.737 bits per heavy atom. The van der Waals surface area contributed by atoms with Gasteiger partial charge in [-0.25, -0.2) is 13.1 Å². The summed E-state index contributed by atoms with van der Waals surface area (Å²) in [6.07, 6.45) is 0.643. The van der Waals surface area contributed by atoms with Gasteiger partial charge in [-0.05, 0) is 55.8 Å². The Morgan fingerprint density at radius 3 is 1.84 bits per heavy atom. The molecule has 38 heavy (non-hydrogen) atoms. The Bertz CT molecular complexity index is 1600. The molecule has 0 radical (unpaired) electrons. The zero-order chi connectivity index (χ0) is 27.6. The monoisotopic (exact) mass is 536 g/mol. The number of sulfonamides is 1. The summed E-state index contributed by atoms with van der Waals surface area (Å²) in [5.41, 5.74) is 3.83. The van der Waals surface area contributed by atoms with Crippen LogP contribution in [-0.4, -0.2) is 36.9 Å². The largest absolute Gasteiger partial charge is 0.493 e. The lowest BCUT2D eigenvalue weighted by Crippen LogP contribution is -2.39. The van der Waals surface area contributed by atoms with E-state index in [1.54, 1.807) is 64.8 Å². The van der Waals surface area contributed by atoms with E-state index in [1.165, 1.54) is 4.68 Å². The van der Waals surface area contributed by atoms with Crippen LogP contribution in [0.3, 0.4) is 0 Å². The molecule has 0 bridgehead atoms. The van der Waals surface area contributed by atoms with E-state index in [-0.39, 0.29) is 4.90 Å². The second-order valence-electron chi connectivity index (χ2n) is 8.77. The molecular weight excluding hydrogens is 504 g/mol. The third-order valence-electron chi connectivity index (χ3n) is 6.59. The Hall–Kier alpha value is -3.98. The highest BCUT2D eigenvalue weighted by Crippen LogP contribution is 2.40. The van der Waals surface area contributed by atoms with Crippen molar-refractivity contribution in [2.45, 2.75) is 32.1 Å². The summed E-state index contributed by atoms with van der Waals surface area (Å²) >= 11 is 0. The maximum Gasteiger partial charge on any atom is 0.217 e. The summed E-state index contributed by atoms with van der Waals surface area (Å²) in [4.78, 5) is 4.48. The molecule has 9 heteroatoms. The van der Waals surface area contributed by atoms with Crippen molar-refractivity contribution < 1.29 is 32.0 Å². The minimum atomic E-state index is -4.06. The maximum atomic E-state index is 13.6. The Balaban J connectivity index is 2.11. The molecule has 0 saturated heterocycles. The van der Waals surface area contributed by atoms with Crippen LogP contribution in [0.4, 0.5) is 0 Å². The molecule has 1 heterocycles. The average Bonchev–Trinajstić information content (AvgIpc) is 2.92. The maximum absolute atomic E-state index is 13.6. The summed E-state index contributed by atoms with van der Waals surface area (Å²) in [7, 11) is 2.21. The van der Waals surface area contributed by atoms with E-state index < -0.39 is 10.0 Å². The summed E-state index contributed by atoms with van der Waals surface area (Å²) in [5, 5.41) is 1.66. The normalized spacial score (nSPS) is 11.3. The highest BCUT2D eigenvalue weighted by Gasteiger charge is 2.26. The van der Waals surface area contributed by atoms with Gasteiger partial charge in [0, 0.05) is 17.9 Å². The van der Waals surface area contributed by atoms with Crippen LogP contribution < -0.4 is 23.6 Å². The molecule has 3 aromatic carbocycles. The second kappa shape index (κ2) is 10.8. The van der Waals surface area contributed by atoms with Gasteiger partial charge in [0.2, 0.25) is 5.69 Å². The van der Waals surface area contributed by atoms with Crippen molar-refractivity contribution in [1.82, 2.24) is 0 Å². The molecule has 1 aromatic heterocycles. The number of nitrogens with zero attached hydrogens (tertiary/aromatic N) is 2. The molecule has 0 aliphatic heterocycles. The van der Waals surface area contributed by atoms with E-state index in [0.29, 0.717) is 46.4 Å². The second-order valence-corrected chi connectivity index (χ2v) is 10.4. The van der Waals surface area contributed by atoms with E-state index in [4.69, 9.17) is 18.9 Å². The smallest absolute Gasteiger partial charge is 0.217 e. The number of fused-ring (bicyclic) bond motifs is 1. The fourth-order valence-corrected chi connectivity index (χ4v) is 5.60. The number of rotatable bonds is 9. The minimum absolute atomic E-state index is 0.110. The number of hydrogen-bond donors (Lipinski definition) is 0. The predicted octanol–water partition coefficient (Wildman–Crippen LogP) is 5.53. The zero-order valence-corrected chi connectivity index (χ0v) is 23.5. The molecule has 0 N–H and O–H groups in total. The lowest BCUT2D eigenvalue weighted by atomic mass is 9.96. The van der Waals surface area contributed by atoms with E-state index in [1.807, 2.05) is 39.0 Å². The number of benzene rings is 3. The molecule has 4 rings (SSSR count). The molecule has 0 spiro atoms. The topological polar surface area (TPSA) is 89.0 Å². The van der Waals surface area contributed by atoms with Crippen LogP contribution in [0.25, 0.3) is 26.9 Å². The molecule has 0 unspecified atom stereocenters. The van der Waals surface area contributed by atoms with Gasteiger partial charge < -0.3 is 23.8 Å². The van der Waals surface area contributed by atoms with Crippen LogP contribution in [0.1, 0.15) is 23.7 Å². The van der Waals surface area contributed by atoms with E-state index in [0.717, 1.165) is 21.9 Å². The first kappa shape index (κ1) is 27.1. The first-order valence-corrected chi connectivity index (χ1v) is 13.5. The lowest BCUT2D eigenvalue weighted by Gasteiger charge is -2.23. The highest BCUT2D eigenvalue weighted by atomic mass is 32.2. The molecule has 0 saturated carbocycles. The molecule has 0 atom stereocenters. The van der Waals surface area contributed by atoms with Crippen molar-refractivity contribution in [3.05, 3.63) is 76.2 Å². The molecule has 0 amide bonds. The molecule has 8 nitrogen and oxygen atoms in total. The van der Waals surface area contributed by atoms with E-state index in [2.05, 4.69) is 4.83 Å². The van der Waals surface area contributed by atoms with Crippen molar-refractivity contribution >= 4 is 20.8 Å². The molecule has 0 aliphatic carbocycles. The van der Waals surface area contributed by atoms with Crippen molar-refractivity contribution in [2.24, 2.45) is 0 Å². The van der Waals surface area contributed by atoms with Crippen LogP contribution in [0.5, 0.6) is 23.0 Å². The van der Waals surface area contributed by atoms with Gasteiger partial charge in [0.1, 0.15) is 0 Å². The van der Waals surface area contributed by atoms with Crippen LogP contribution in [0.2, 0.25) is 0 Å². The van der Waals surface area contributed by atoms with Gasteiger partial charge >= 0.3 is 0 Å². The van der Waals surface area contributed by atoms with Crippen LogP contribution in [0.15, 0.2) is 59.5 Å². The fraction of sp³-hybridized carbons (Fsp3) is 0.276. The molecule has 0 fully saturated rings. The SMILES string of the molecule is CCc1c(C)[n+]([N-]S(=O)(=O)c2ccc(C)cc2)c(-c2ccc(OC)c(OC)c2)c2cc(OC)c(OC)cc12. The third-order valence-corrected chi connectivity index (χ3v) is 7.83. The average molecular weight is 537 g/mol. The third kappa shape index (κ3) is 4.81. The van der Waals surface area contributed by atoms with Gasteiger partial charge in [-0.1, -0.05) is 24.6 Å². The predicted molar refractivity (Wildman–Crippen MR) is 147 cm³/mol. The number of pyridine rings is 1. The van der Waals surface area contributed by atoms with E-state index >= 15 is 0 Å². The van der Waals surface area contributed by atoms with Crippen molar-refractivity contribution in [1.29, 1.82) is 0 Å². The van der Waals surface area contributed by atoms with Crippen molar-refractivity contribution in [3.63, 3.8) is 0 Å².